The van der Waals surface area contributed by atoms with Crippen LogP contribution in [0.1, 0.15) is 17.3 Å². The molecular formula is C16H24N4O2. The summed E-state index contributed by atoms with van der Waals surface area (Å²) in [4.78, 5) is 23.5. The average Bonchev–Trinajstić information content (AvgIpc) is 2.55. The van der Waals surface area contributed by atoms with Gasteiger partial charge in [-0.1, -0.05) is 0 Å². The molecular weight excluding hydrogens is 280 g/mol. The first-order valence-electron chi connectivity index (χ1n) is 7.93. The highest BCUT2D eigenvalue weighted by Gasteiger charge is 2.26. The van der Waals surface area contributed by atoms with Crippen molar-refractivity contribution in [1.29, 1.82) is 0 Å². The number of hydrogen-bond acceptors (Lipinski definition) is 5. The van der Waals surface area contributed by atoms with Crippen LogP contribution in [0.15, 0.2) is 18.3 Å². The molecule has 22 heavy (non-hydrogen) atoms. The van der Waals surface area contributed by atoms with Gasteiger partial charge in [-0.2, -0.15) is 0 Å². The highest BCUT2D eigenvalue weighted by Crippen LogP contribution is 2.16. The van der Waals surface area contributed by atoms with E-state index in [1.807, 2.05) is 17.0 Å². The molecule has 0 N–H and O–H groups in total. The topological polar surface area (TPSA) is 48.9 Å². The summed E-state index contributed by atoms with van der Waals surface area (Å²) in [5, 5.41) is 0. The first-order chi connectivity index (χ1) is 10.6. The van der Waals surface area contributed by atoms with Crippen molar-refractivity contribution in [3.8, 4) is 0 Å². The van der Waals surface area contributed by atoms with Crippen molar-refractivity contribution in [2.75, 3.05) is 57.9 Å². The Bertz CT molecular complexity index is 513. The van der Waals surface area contributed by atoms with E-state index in [0.29, 0.717) is 5.56 Å². The summed E-state index contributed by atoms with van der Waals surface area (Å²) < 4.78 is 5.35. The predicted molar refractivity (Wildman–Crippen MR) is 85.3 cm³/mol. The van der Waals surface area contributed by atoms with Gasteiger partial charge in [0.25, 0.3) is 5.91 Å². The molecule has 1 aromatic heterocycles. The second kappa shape index (κ2) is 6.62. The summed E-state index contributed by atoms with van der Waals surface area (Å²) in [6, 6.07) is 4.08. The van der Waals surface area contributed by atoms with Crippen LogP contribution in [0.3, 0.4) is 0 Å². The highest BCUT2D eigenvalue weighted by atomic mass is 16.5. The van der Waals surface area contributed by atoms with E-state index in [2.05, 4.69) is 28.8 Å². The van der Waals surface area contributed by atoms with Gasteiger partial charge in [0.15, 0.2) is 0 Å². The van der Waals surface area contributed by atoms with Crippen molar-refractivity contribution < 1.29 is 9.53 Å². The number of nitrogens with zero attached hydrogens (tertiary/aromatic N) is 4. The van der Waals surface area contributed by atoms with Crippen molar-refractivity contribution >= 4 is 11.7 Å². The maximum absolute atomic E-state index is 12.6. The third kappa shape index (κ3) is 3.23. The molecule has 3 heterocycles. The Labute approximate surface area is 131 Å². The Hall–Kier alpha value is -1.66. The molecule has 6 heteroatoms. The Balaban J connectivity index is 1.68. The number of pyridine rings is 1. The van der Waals surface area contributed by atoms with Gasteiger partial charge in [0.05, 0.1) is 18.8 Å². The number of carbonyl (C=O) groups excluding carboxylic acids is 1. The number of carbonyl (C=O) groups is 1. The summed E-state index contributed by atoms with van der Waals surface area (Å²) in [5.74, 6) is 1.01. The molecule has 1 amide bonds. The van der Waals surface area contributed by atoms with Crippen LogP contribution in [-0.2, 0) is 4.74 Å². The van der Waals surface area contributed by atoms with E-state index < -0.39 is 0 Å². The molecule has 1 aromatic rings. The maximum atomic E-state index is 12.6. The zero-order valence-corrected chi connectivity index (χ0v) is 13.4. The SMILES string of the molecule is C[C@@H]1CN(C)CCN1C(=O)c1ccc(N2CCOCC2)nc1. The van der Waals surface area contributed by atoms with Crippen LogP contribution >= 0.6 is 0 Å². The molecule has 0 bridgehead atoms. The molecule has 2 aliphatic rings. The van der Waals surface area contributed by atoms with Gasteiger partial charge in [0, 0.05) is 45.0 Å². The van der Waals surface area contributed by atoms with Gasteiger partial charge >= 0.3 is 0 Å². The van der Waals surface area contributed by atoms with E-state index in [1.165, 1.54) is 0 Å². The Morgan fingerprint density at radius 1 is 1.23 bits per heavy atom. The minimum atomic E-state index is 0.0848. The van der Waals surface area contributed by atoms with Gasteiger partial charge in [-0.3, -0.25) is 4.79 Å². The fourth-order valence-corrected chi connectivity index (χ4v) is 3.10. The quantitative estimate of drug-likeness (QED) is 0.805. The highest BCUT2D eigenvalue weighted by molar-refractivity contribution is 5.94. The number of piperazine rings is 1. The summed E-state index contributed by atoms with van der Waals surface area (Å²) >= 11 is 0. The largest absolute Gasteiger partial charge is 0.378 e. The van der Waals surface area contributed by atoms with Gasteiger partial charge in [-0.25, -0.2) is 4.98 Å². The lowest BCUT2D eigenvalue weighted by molar-refractivity contribution is 0.0533. The summed E-state index contributed by atoms with van der Waals surface area (Å²) in [6.45, 7) is 7.92. The van der Waals surface area contributed by atoms with E-state index in [4.69, 9.17) is 4.74 Å². The molecule has 2 fully saturated rings. The molecule has 120 valence electrons. The summed E-state index contributed by atoms with van der Waals surface area (Å²) in [5.41, 5.74) is 0.674. The van der Waals surface area contributed by atoms with E-state index in [1.54, 1.807) is 6.20 Å². The number of rotatable bonds is 2. The zero-order chi connectivity index (χ0) is 15.5. The van der Waals surface area contributed by atoms with Crippen LogP contribution in [0.5, 0.6) is 0 Å². The van der Waals surface area contributed by atoms with Crippen LogP contribution in [0.2, 0.25) is 0 Å². The number of ether oxygens (including phenoxy) is 1. The molecule has 0 aliphatic carbocycles. The third-order valence-electron chi connectivity index (χ3n) is 4.42. The normalized spacial score (nSPS) is 23.6. The number of aromatic nitrogens is 1. The minimum absolute atomic E-state index is 0.0848. The second-order valence-corrected chi connectivity index (χ2v) is 6.11. The molecule has 0 saturated carbocycles. The molecule has 6 nitrogen and oxygen atoms in total. The zero-order valence-electron chi connectivity index (χ0n) is 13.4. The first-order valence-corrected chi connectivity index (χ1v) is 7.93. The third-order valence-corrected chi connectivity index (χ3v) is 4.42. The Morgan fingerprint density at radius 3 is 2.64 bits per heavy atom. The fourth-order valence-electron chi connectivity index (χ4n) is 3.10. The van der Waals surface area contributed by atoms with Gasteiger partial charge in [0.1, 0.15) is 5.82 Å². The van der Waals surface area contributed by atoms with Crippen LogP contribution in [0, 0.1) is 0 Å². The summed E-state index contributed by atoms with van der Waals surface area (Å²) in [6.07, 6.45) is 1.71. The summed E-state index contributed by atoms with van der Waals surface area (Å²) in [7, 11) is 2.09. The minimum Gasteiger partial charge on any atom is -0.378 e. The second-order valence-electron chi connectivity index (χ2n) is 6.11. The van der Waals surface area contributed by atoms with E-state index in [-0.39, 0.29) is 11.9 Å². The van der Waals surface area contributed by atoms with E-state index in [9.17, 15) is 4.79 Å². The van der Waals surface area contributed by atoms with E-state index >= 15 is 0 Å². The van der Waals surface area contributed by atoms with E-state index in [0.717, 1.165) is 51.8 Å². The Kier molecular flexibility index (Phi) is 4.59. The number of morpholine rings is 1. The molecule has 1 atom stereocenters. The predicted octanol–water partition coefficient (Wildman–Crippen LogP) is 0.694. The number of amides is 1. The number of likely N-dealkylation sites (N-methyl/N-ethyl adjacent to an activating group) is 1. The molecule has 0 spiro atoms. The fraction of sp³-hybridized carbons (Fsp3) is 0.625. The lowest BCUT2D eigenvalue weighted by atomic mass is 10.1. The molecule has 3 rings (SSSR count). The van der Waals surface area contributed by atoms with Crippen molar-refractivity contribution in [3.63, 3.8) is 0 Å². The van der Waals surface area contributed by atoms with Gasteiger partial charge in [-0.15, -0.1) is 0 Å². The Morgan fingerprint density at radius 2 is 2.00 bits per heavy atom. The molecule has 2 saturated heterocycles. The average molecular weight is 304 g/mol. The smallest absolute Gasteiger partial charge is 0.255 e. The van der Waals surface area contributed by atoms with Gasteiger partial charge in [-0.05, 0) is 26.1 Å². The van der Waals surface area contributed by atoms with Crippen LogP contribution in [0.4, 0.5) is 5.82 Å². The van der Waals surface area contributed by atoms with Gasteiger partial charge < -0.3 is 19.4 Å². The van der Waals surface area contributed by atoms with Crippen LogP contribution < -0.4 is 4.90 Å². The number of anilines is 1. The molecule has 2 aliphatic heterocycles. The molecule has 0 radical (unpaired) electrons. The molecule has 0 aromatic carbocycles. The standard InChI is InChI=1S/C16H24N4O2/c1-13-12-18(2)5-6-20(13)16(21)14-3-4-15(17-11-14)19-7-9-22-10-8-19/h3-4,11,13H,5-10,12H2,1-2H3/t13-/m1/s1. The first kappa shape index (κ1) is 15.2. The molecule has 0 unspecified atom stereocenters. The van der Waals surface area contributed by atoms with Crippen molar-refractivity contribution in [1.82, 2.24) is 14.8 Å². The van der Waals surface area contributed by atoms with Gasteiger partial charge in [0.2, 0.25) is 0 Å². The van der Waals surface area contributed by atoms with Crippen molar-refractivity contribution in [2.24, 2.45) is 0 Å². The van der Waals surface area contributed by atoms with Crippen LogP contribution in [-0.4, -0.2) is 79.7 Å². The lowest BCUT2D eigenvalue weighted by Gasteiger charge is -2.38. The van der Waals surface area contributed by atoms with Crippen LogP contribution in [0.25, 0.3) is 0 Å². The number of hydrogen-bond donors (Lipinski definition) is 0. The lowest BCUT2D eigenvalue weighted by Crippen LogP contribution is -2.52. The maximum Gasteiger partial charge on any atom is 0.255 e. The van der Waals surface area contributed by atoms with Crippen molar-refractivity contribution in [3.05, 3.63) is 23.9 Å². The monoisotopic (exact) mass is 304 g/mol. The van der Waals surface area contributed by atoms with Crippen molar-refractivity contribution in [2.45, 2.75) is 13.0 Å².